The number of hydrogen-bond donors (Lipinski definition) is 4. The Hall–Kier alpha value is -2.49. The Morgan fingerprint density at radius 1 is 1.34 bits per heavy atom. The number of fused-ring (bicyclic) bond motifs is 1. The number of imide groups is 1. The number of methoxy groups -OCH3 is 1. The topological polar surface area (TPSA) is 108 Å². The number of carbonyl (C=O) groups is 2. The monoisotopic (exact) mass is 421 g/mol. The number of urea groups is 1. The Morgan fingerprint density at radius 2 is 2.10 bits per heavy atom. The Balaban J connectivity index is 1.58. The van der Waals surface area contributed by atoms with Gasteiger partial charge in [-0.25, -0.2) is 9.21 Å². The standard InChI is InChI=1S/C19H24ClN5O4/c1-29-14-2-3-15-12(8-14)9-24(16(15)26)11-19(17(27)22-18(28)23-19)10-21-13-4-6-25(20)7-5-13/h2-3,8-9,13,21,26H,4-7,10-11H2,1H3,(H2,22,23,27,28). The number of carbonyl (C=O) groups excluding carboxylic acids is 2. The number of hydrogen-bond acceptors (Lipinski definition) is 6. The Kier molecular flexibility index (Phi) is 5.28. The number of rotatable bonds is 6. The van der Waals surface area contributed by atoms with Gasteiger partial charge in [0, 0.05) is 42.6 Å². The molecule has 2 aliphatic heterocycles. The number of halogens is 1. The average Bonchev–Trinajstić information content (AvgIpc) is 3.16. The zero-order chi connectivity index (χ0) is 20.6. The molecule has 1 aromatic carbocycles. The molecule has 2 fully saturated rings. The first-order chi connectivity index (χ1) is 13.9. The summed E-state index contributed by atoms with van der Waals surface area (Å²) in [5.41, 5.74) is -1.20. The van der Waals surface area contributed by atoms with Crippen molar-refractivity contribution in [2.24, 2.45) is 0 Å². The summed E-state index contributed by atoms with van der Waals surface area (Å²) >= 11 is 6.01. The van der Waals surface area contributed by atoms with E-state index in [0.717, 1.165) is 31.3 Å². The zero-order valence-corrected chi connectivity index (χ0v) is 16.8. The number of nitrogens with zero attached hydrogens (tertiary/aromatic N) is 2. The lowest BCUT2D eigenvalue weighted by Gasteiger charge is -2.32. The number of amides is 3. The van der Waals surface area contributed by atoms with E-state index in [0.29, 0.717) is 11.1 Å². The lowest BCUT2D eigenvalue weighted by Crippen LogP contribution is -2.59. The fraction of sp³-hybridized carbons (Fsp3) is 0.474. The lowest BCUT2D eigenvalue weighted by atomic mass is 9.97. The number of nitrogens with one attached hydrogen (secondary N) is 3. The zero-order valence-electron chi connectivity index (χ0n) is 16.1. The SMILES string of the molecule is COc1ccc2c(O)n(CC3(CNC4CCN(Cl)CC4)NC(=O)NC3=O)cc2c1. The number of piperidine rings is 1. The third kappa shape index (κ3) is 3.85. The van der Waals surface area contributed by atoms with Gasteiger partial charge in [0.25, 0.3) is 5.91 Å². The molecular formula is C19H24ClN5O4. The van der Waals surface area contributed by atoms with Crippen LogP contribution >= 0.6 is 11.8 Å². The van der Waals surface area contributed by atoms with Gasteiger partial charge in [0.05, 0.1) is 13.7 Å². The molecule has 3 amide bonds. The summed E-state index contributed by atoms with van der Waals surface area (Å²) in [5, 5.41) is 20.6. The minimum Gasteiger partial charge on any atom is -0.497 e. The van der Waals surface area contributed by atoms with Crippen molar-refractivity contribution < 1.29 is 19.4 Å². The maximum Gasteiger partial charge on any atom is 0.322 e. The summed E-state index contributed by atoms with van der Waals surface area (Å²) in [6.45, 7) is 1.86. The van der Waals surface area contributed by atoms with Crippen molar-refractivity contribution in [3.05, 3.63) is 24.4 Å². The summed E-state index contributed by atoms with van der Waals surface area (Å²) in [4.78, 5) is 24.6. The molecule has 2 aromatic rings. The number of aromatic nitrogens is 1. The summed E-state index contributed by atoms with van der Waals surface area (Å²) in [5.74, 6) is 0.287. The molecule has 2 saturated heterocycles. The van der Waals surface area contributed by atoms with Crippen LogP contribution in [0.4, 0.5) is 4.79 Å². The van der Waals surface area contributed by atoms with E-state index < -0.39 is 17.5 Å². The molecule has 4 N–H and O–H groups in total. The Labute approximate surface area is 173 Å². The molecule has 29 heavy (non-hydrogen) atoms. The Bertz CT molecular complexity index is 940. The van der Waals surface area contributed by atoms with Gasteiger partial charge in [-0.3, -0.25) is 10.1 Å². The van der Waals surface area contributed by atoms with Crippen LogP contribution in [0.1, 0.15) is 12.8 Å². The fourth-order valence-electron chi connectivity index (χ4n) is 3.96. The Morgan fingerprint density at radius 3 is 2.76 bits per heavy atom. The van der Waals surface area contributed by atoms with Crippen LogP contribution in [-0.4, -0.2) is 64.4 Å². The quantitative estimate of drug-likeness (QED) is 0.411. The second-order valence-corrected chi connectivity index (χ2v) is 8.07. The number of benzene rings is 1. The lowest BCUT2D eigenvalue weighted by molar-refractivity contribution is -0.124. The molecule has 2 aliphatic rings. The molecule has 0 radical (unpaired) electrons. The molecule has 156 valence electrons. The number of aromatic hydroxyl groups is 1. The van der Waals surface area contributed by atoms with Crippen molar-refractivity contribution in [2.45, 2.75) is 31.0 Å². The van der Waals surface area contributed by atoms with Gasteiger partial charge in [0.1, 0.15) is 5.75 Å². The highest BCUT2D eigenvalue weighted by molar-refractivity contribution is 6.13. The number of ether oxygens (including phenoxy) is 1. The van der Waals surface area contributed by atoms with Crippen molar-refractivity contribution in [3.8, 4) is 11.6 Å². The van der Waals surface area contributed by atoms with Crippen LogP contribution in [0.3, 0.4) is 0 Å². The highest BCUT2D eigenvalue weighted by atomic mass is 35.5. The van der Waals surface area contributed by atoms with Crippen molar-refractivity contribution in [3.63, 3.8) is 0 Å². The predicted molar refractivity (Wildman–Crippen MR) is 108 cm³/mol. The molecule has 1 aromatic heterocycles. The van der Waals surface area contributed by atoms with E-state index in [1.807, 2.05) is 6.07 Å². The molecule has 0 spiro atoms. The maximum absolute atomic E-state index is 12.7. The van der Waals surface area contributed by atoms with Crippen LogP contribution in [-0.2, 0) is 11.3 Å². The first kappa shape index (κ1) is 19.8. The van der Waals surface area contributed by atoms with Gasteiger partial charge in [0.15, 0.2) is 11.4 Å². The van der Waals surface area contributed by atoms with E-state index in [-0.39, 0.29) is 25.0 Å². The minimum absolute atomic E-state index is 0.0337. The van der Waals surface area contributed by atoms with Crippen LogP contribution in [0.15, 0.2) is 24.4 Å². The van der Waals surface area contributed by atoms with Gasteiger partial charge in [-0.1, -0.05) is 0 Å². The van der Waals surface area contributed by atoms with E-state index in [1.54, 1.807) is 34.4 Å². The molecule has 1 atom stereocenters. The smallest absolute Gasteiger partial charge is 0.322 e. The van der Waals surface area contributed by atoms with E-state index >= 15 is 0 Å². The fourth-order valence-corrected chi connectivity index (χ4v) is 4.16. The van der Waals surface area contributed by atoms with Gasteiger partial charge >= 0.3 is 6.03 Å². The van der Waals surface area contributed by atoms with E-state index in [9.17, 15) is 14.7 Å². The summed E-state index contributed by atoms with van der Waals surface area (Å²) in [7, 11) is 1.58. The molecule has 0 aliphatic carbocycles. The van der Waals surface area contributed by atoms with E-state index in [2.05, 4.69) is 16.0 Å². The van der Waals surface area contributed by atoms with Crippen LogP contribution in [0, 0.1) is 0 Å². The third-order valence-corrected chi connectivity index (χ3v) is 5.99. The van der Waals surface area contributed by atoms with Crippen molar-refractivity contribution in [1.82, 2.24) is 24.9 Å². The highest BCUT2D eigenvalue weighted by Crippen LogP contribution is 2.31. The molecule has 3 heterocycles. The summed E-state index contributed by atoms with van der Waals surface area (Å²) in [6.07, 6.45) is 3.46. The second kappa shape index (κ2) is 7.74. The molecule has 0 bridgehead atoms. The van der Waals surface area contributed by atoms with Gasteiger partial charge in [-0.2, -0.15) is 0 Å². The van der Waals surface area contributed by atoms with Gasteiger partial charge < -0.3 is 25.0 Å². The van der Waals surface area contributed by atoms with Crippen LogP contribution < -0.4 is 20.7 Å². The molecule has 0 saturated carbocycles. The largest absolute Gasteiger partial charge is 0.497 e. The van der Waals surface area contributed by atoms with Crippen molar-refractivity contribution in [2.75, 3.05) is 26.7 Å². The molecule has 4 rings (SSSR count). The van der Waals surface area contributed by atoms with E-state index in [1.165, 1.54) is 0 Å². The van der Waals surface area contributed by atoms with Gasteiger partial charge in [-0.05, 0) is 42.8 Å². The van der Waals surface area contributed by atoms with Gasteiger partial charge in [-0.15, -0.1) is 0 Å². The van der Waals surface area contributed by atoms with Crippen molar-refractivity contribution in [1.29, 1.82) is 0 Å². The average molecular weight is 422 g/mol. The van der Waals surface area contributed by atoms with Crippen LogP contribution in [0.2, 0.25) is 0 Å². The normalized spacial score (nSPS) is 23.4. The third-order valence-electron chi connectivity index (χ3n) is 5.65. The van der Waals surface area contributed by atoms with Crippen molar-refractivity contribution >= 4 is 34.5 Å². The highest BCUT2D eigenvalue weighted by Gasteiger charge is 2.47. The van der Waals surface area contributed by atoms with Crippen LogP contribution in [0.5, 0.6) is 11.6 Å². The summed E-state index contributed by atoms with van der Waals surface area (Å²) < 4.78 is 8.56. The second-order valence-electron chi connectivity index (χ2n) is 7.59. The molecule has 10 heteroatoms. The minimum atomic E-state index is -1.20. The maximum atomic E-state index is 12.7. The molecular weight excluding hydrogens is 398 g/mol. The van der Waals surface area contributed by atoms with Gasteiger partial charge in [0.2, 0.25) is 0 Å². The van der Waals surface area contributed by atoms with Crippen LogP contribution in [0.25, 0.3) is 10.8 Å². The summed E-state index contributed by atoms with van der Waals surface area (Å²) in [6, 6.07) is 5.00. The molecule has 9 nitrogen and oxygen atoms in total. The first-order valence-electron chi connectivity index (χ1n) is 9.54. The first-order valence-corrected chi connectivity index (χ1v) is 9.87. The molecule has 1 unspecified atom stereocenters. The van der Waals surface area contributed by atoms with E-state index in [4.69, 9.17) is 16.5 Å². The predicted octanol–water partition coefficient (Wildman–Crippen LogP) is 1.14.